The Hall–Kier alpha value is -1.35. The Morgan fingerprint density at radius 1 is 1.21 bits per heavy atom. The lowest BCUT2D eigenvalue weighted by Gasteiger charge is -2.24. The smallest absolute Gasteiger partial charge is 0.226 e. The fraction of sp³-hybridized carbons (Fsp3) is 0.562. The van der Waals surface area contributed by atoms with Crippen LogP contribution in [-0.2, 0) is 4.79 Å². The average Bonchev–Trinajstić information content (AvgIpc) is 2.33. The molecule has 1 amide bonds. The second kappa shape index (κ2) is 6.20. The fourth-order valence-electron chi connectivity index (χ4n) is 2.34. The van der Waals surface area contributed by atoms with E-state index in [1.165, 1.54) is 22.3 Å². The minimum Gasteiger partial charge on any atom is -0.328 e. The topological polar surface area (TPSA) is 46.3 Å². The van der Waals surface area contributed by atoms with Crippen LogP contribution in [0.2, 0.25) is 0 Å². The van der Waals surface area contributed by atoms with Crippen LogP contribution in [0.3, 0.4) is 0 Å². The largest absolute Gasteiger partial charge is 0.328 e. The summed E-state index contributed by atoms with van der Waals surface area (Å²) in [6.45, 7) is 10.3. The number of carbonyl (C=O) groups excluding carboxylic acids is 1. The molecule has 0 aliphatic heterocycles. The minimum atomic E-state index is 0.0683. The van der Waals surface area contributed by atoms with Crippen molar-refractivity contribution in [2.75, 3.05) is 11.9 Å². The number of hydrogen-bond acceptors (Lipinski definition) is 2. The van der Waals surface area contributed by atoms with Crippen LogP contribution in [0, 0.1) is 27.7 Å². The van der Waals surface area contributed by atoms with Crippen LogP contribution in [0.4, 0.5) is 5.69 Å². The van der Waals surface area contributed by atoms with E-state index in [-0.39, 0.29) is 11.9 Å². The molecule has 1 unspecified atom stereocenters. The minimum absolute atomic E-state index is 0.0683. The molecular weight excluding hydrogens is 236 g/mol. The van der Waals surface area contributed by atoms with Crippen molar-refractivity contribution < 1.29 is 4.79 Å². The maximum Gasteiger partial charge on any atom is 0.226 e. The number of nitrogens with two attached hydrogens (primary N) is 1. The highest BCUT2D eigenvalue weighted by atomic mass is 16.2. The first-order chi connectivity index (χ1) is 8.75. The summed E-state index contributed by atoms with van der Waals surface area (Å²) in [6.07, 6.45) is 1.23. The quantitative estimate of drug-likeness (QED) is 0.906. The zero-order valence-corrected chi connectivity index (χ0v) is 13.0. The fourth-order valence-corrected chi connectivity index (χ4v) is 2.34. The van der Waals surface area contributed by atoms with Crippen LogP contribution in [0.1, 0.15) is 42.0 Å². The van der Waals surface area contributed by atoms with Gasteiger partial charge in [0.25, 0.3) is 0 Å². The summed E-state index contributed by atoms with van der Waals surface area (Å²) in [4.78, 5) is 14.0. The highest BCUT2D eigenvalue weighted by molar-refractivity contribution is 5.94. The number of benzene rings is 1. The SMILES string of the molecule is Cc1cc(C)c(C)c(N(C)C(=O)CCC(C)N)c1C. The Balaban J connectivity index is 3.05. The number of anilines is 1. The maximum atomic E-state index is 12.2. The Morgan fingerprint density at radius 2 is 1.68 bits per heavy atom. The first kappa shape index (κ1) is 15.7. The summed E-state index contributed by atoms with van der Waals surface area (Å²) >= 11 is 0. The third-order valence-corrected chi connectivity index (χ3v) is 3.85. The van der Waals surface area contributed by atoms with Crippen molar-refractivity contribution in [3.63, 3.8) is 0 Å². The van der Waals surface area contributed by atoms with Crippen LogP contribution < -0.4 is 10.6 Å². The molecule has 1 aromatic rings. The van der Waals surface area contributed by atoms with Gasteiger partial charge in [0.1, 0.15) is 0 Å². The van der Waals surface area contributed by atoms with Crippen LogP contribution in [-0.4, -0.2) is 19.0 Å². The van der Waals surface area contributed by atoms with Gasteiger partial charge in [0, 0.05) is 25.2 Å². The van der Waals surface area contributed by atoms with Crippen molar-refractivity contribution >= 4 is 11.6 Å². The lowest BCUT2D eigenvalue weighted by atomic mass is 9.97. The Labute approximate surface area is 116 Å². The van der Waals surface area contributed by atoms with Crippen molar-refractivity contribution in [1.82, 2.24) is 0 Å². The van der Waals surface area contributed by atoms with E-state index < -0.39 is 0 Å². The molecular formula is C16H26N2O. The van der Waals surface area contributed by atoms with E-state index in [1.807, 2.05) is 14.0 Å². The molecule has 0 aliphatic rings. The van der Waals surface area contributed by atoms with Gasteiger partial charge in [0.2, 0.25) is 5.91 Å². The van der Waals surface area contributed by atoms with Crippen LogP contribution in [0.25, 0.3) is 0 Å². The molecule has 0 aliphatic carbocycles. The molecule has 1 rings (SSSR count). The molecule has 3 nitrogen and oxygen atoms in total. The lowest BCUT2D eigenvalue weighted by Crippen LogP contribution is -2.29. The average molecular weight is 262 g/mol. The molecule has 0 heterocycles. The van der Waals surface area contributed by atoms with Gasteiger partial charge in [-0.25, -0.2) is 0 Å². The van der Waals surface area contributed by atoms with E-state index >= 15 is 0 Å². The second-order valence-electron chi connectivity index (χ2n) is 5.58. The first-order valence-electron chi connectivity index (χ1n) is 6.85. The number of amides is 1. The third kappa shape index (κ3) is 3.57. The number of rotatable bonds is 4. The van der Waals surface area contributed by atoms with Gasteiger partial charge in [0.15, 0.2) is 0 Å². The monoisotopic (exact) mass is 262 g/mol. The van der Waals surface area contributed by atoms with Gasteiger partial charge < -0.3 is 10.6 Å². The molecule has 0 bridgehead atoms. The second-order valence-corrected chi connectivity index (χ2v) is 5.58. The van der Waals surface area contributed by atoms with E-state index in [0.717, 1.165) is 12.1 Å². The van der Waals surface area contributed by atoms with E-state index in [1.54, 1.807) is 4.90 Å². The molecule has 3 heteroatoms. The summed E-state index contributed by atoms with van der Waals surface area (Å²) in [7, 11) is 1.86. The molecule has 0 aromatic heterocycles. The van der Waals surface area contributed by atoms with Crippen molar-refractivity contribution in [1.29, 1.82) is 0 Å². The predicted molar refractivity (Wildman–Crippen MR) is 81.7 cm³/mol. The molecule has 106 valence electrons. The maximum absolute atomic E-state index is 12.2. The third-order valence-electron chi connectivity index (χ3n) is 3.85. The highest BCUT2D eigenvalue weighted by Gasteiger charge is 2.17. The van der Waals surface area contributed by atoms with Gasteiger partial charge >= 0.3 is 0 Å². The molecule has 0 saturated heterocycles. The molecule has 1 atom stereocenters. The van der Waals surface area contributed by atoms with Gasteiger partial charge in [-0.1, -0.05) is 6.07 Å². The first-order valence-corrected chi connectivity index (χ1v) is 6.85. The van der Waals surface area contributed by atoms with Gasteiger partial charge in [-0.3, -0.25) is 4.79 Å². The normalized spacial score (nSPS) is 12.4. The number of hydrogen-bond donors (Lipinski definition) is 1. The highest BCUT2D eigenvalue weighted by Crippen LogP contribution is 2.29. The molecule has 0 fully saturated rings. The van der Waals surface area contributed by atoms with Gasteiger partial charge in [-0.15, -0.1) is 0 Å². The summed E-state index contributed by atoms with van der Waals surface area (Å²) in [6, 6.07) is 2.24. The Bertz CT molecular complexity index is 452. The summed E-state index contributed by atoms with van der Waals surface area (Å²) < 4.78 is 0. The molecule has 0 radical (unpaired) electrons. The van der Waals surface area contributed by atoms with Crippen LogP contribution in [0.15, 0.2) is 6.07 Å². The van der Waals surface area contributed by atoms with Crippen molar-refractivity contribution in [2.24, 2.45) is 5.73 Å². The molecule has 19 heavy (non-hydrogen) atoms. The Morgan fingerprint density at radius 3 is 2.11 bits per heavy atom. The van der Waals surface area contributed by atoms with Crippen molar-refractivity contribution in [3.05, 3.63) is 28.3 Å². The van der Waals surface area contributed by atoms with E-state index in [2.05, 4.69) is 33.8 Å². The van der Waals surface area contributed by atoms with Gasteiger partial charge in [-0.2, -0.15) is 0 Å². The van der Waals surface area contributed by atoms with Gasteiger partial charge in [-0.05, 0) is 63.3 Å². The zero-order chi connectivity index (χ0) is 14.7. The van der Waals surface area contributed by atoms with E-state index in [9.17, 15) is 4.79 Å². The summed E-state index contributed by atoms with van der Waals surface area (Å²) in [5.41, 5.74) is 11.6. The summed E-state index contributed by atoms with van der Waals surface area (Å²) in [5, 5.41) is 0. The number of nitrogens with zero attached hydrogens (tertiary/aromatic N) is 1. The molecule has 0 spiro atoms. The molecule has 0 saturated carbocycles. The van der Waals surface area contributed by atoms with Crippen LogP contribution in [0.5, 0.6) is 0 Å². The van der Waals surface area contributed by atoms with Gasteiger partial charge in [0.05, 0.1) is 0 Å². The number of aryl methyl sites for hydroxylation is 2. The molecule has 1 aromatic carbocycles. The number of carbonyl (C=O) groups is 1. The van der Waals surface area contributed by atoms with E-state index in [4.69, 9.17) is 5.73 Å². The standard InChI is InChI=1S/C16H26N2O/c1-10-9-11(2)14(5)16(13(10)4)18(6)15(19)8-7-12(3)17/h9,12H,7-8,17H2,1-6H3. The van der Waals surface area contributed by atoms with Crippen LogP contribution >= 0.6 is 0 Å². The van der Waals surface area contributed by atoms with Crippen molar-refractivity contribution in [2.45, 2.75) is 53.5 Å². The van der Waals surface area contributed by atoms with Crippen molar-refractivity contribution in [3.8, 4) is 0 Å². The summed E-state index contributed by atoms with van der Waals surface area (Å²) in [5.74, 6) is 0.133. The lowest BCUT2D eigenvalue weighted by molar-refractivity contribution is -0.118. The van der Waals surface area contributed by atoms with E-state index in [0.29, 0.717) is 6.42 Å². The molecule has 2 N–H and O–H groups in total. The Kier molecular flexibility index (Phi) is 5.12. The predicted octanol–water partition coefficient (Wildman–Crippen LogP) is 3.01. The zero-order valence-electron chi connectivity index (χ0n) is 13.0.